The molecular formula is C19H20ClNO4S. The molecule has 26 heavy (non-hydrogen) atoms. The van der Waals surface area contributed by atoms with Crippen LogP contribution in [0.25, 0.3) is 0 Å². The molecule has 1 fully saturated rings. The van der Waals surface area contributed by atoms with Crippen molar-refractivity contribution in [2.24, 2.45) is 0 Å². The van der Waals surface area contributed by atoms with Crippen molar-refractivity contribution in [3.63, 3.8) is 0 Å². The molecule has 1 heterocycles. The molecule has 7 heteroatoms. The van der Waals surface area contributed by atoms with Crippen LogP contribution in [0.5, 0.6) is 17.2 Å². The Hall–Kier alpha value is -2.05. The van der Waals surface area contributed by atoms with Gasteiger partial charge in [-0.25, -0.2) is 0 Å². The molecule has 0 spiro atoms. The van der Waals surface area contributed by atoms with Crippen LogP contribution in [0.3, 0.4) is 0 Å². The van der Waals surface area contributed by atoms with Crippen molar-refractivity contribution in [1.29, 1.82) is 0 Å². The Labute approximate surface area is 162 Å². The Morgan fingerprint density at radius 2 is 1.58 bits per heavy atom. The molecule has 2 aromatic rings. The van der Waals surface area contributed by atoms with Crippen LogP contribution in [0, 0.1) is 0 Å². The predicted molar refractivity (Wildman–Crippen MR) is 104 cm³/mol. The normalized spacial score (nSPS) is 19.1. The Morgan fingerprint density at radius 3 is 2.04 bits per heavy atom. The van der Waals surface area contributed by atoms with E-state index in [2.05, 4.69) is 0 Å². The van der Waals surface area contributed by atoms with Crippen LogP contribution in [0.4, 0.5) is 5.69 Å². The number of halogens is 1. The summed E-state index contributed by atoms with van der Waals surface area (Å²) in [4.78, 5) is 15.3. The van der Waals surface area contributed by atoms with Gasteiger partial charge in [0.1, 0.15) is 5.38 Å². The van der Waals surface area contributed by atoms with Gasteiger partial charge in [0, 0.05) is 17.0 Å². The van der Waals surface area contributed by atoms with Crippen molar-refractivity contribution in [2.75, 3.05) is 32.5 Å². The number of nitrogens with zero attached hydrogens (tertiary/aromatic N) is 1. The van der Waals surface area contributed by atoms with Gasteiger partial charge in [0.25, 0.3) is 0 Å². The van der Waals surface area contributed by atoms with E-state index in [-0.39, 0.29) is 11.9 Å². The van der Waals surface area contributed by atoms with Gasteiger partial charge in [0.05, 0.1) is 33.1 Å². The van der Waals surface area contributed by atoms with E-state index in [1.165, 1.54) is 0 Å². The maximum Gasteiger partial charge on any atom is 0.248 e. The molecular weight excluding hydrogens is 374 g/mol. The summed E-state index contributed by atoms with van der Waals surface area (Å²) in [5.74, 6) is 1.31. The van der Waals surface area contributed by atoms with E-state index < -0.39 is 5.38 Å². The summed E-state index contributed by atoms with van der Waals surface area (Å²) in [6.07, 6.45) is 2.02. The van der Waals surface area contributed by atoms with Crippen LogP contribution < -0.4 is 19.1 Å². The Kier molecular flexibility index (Phi) is 5.53. The number of methoxy groups -OCH3 is 3. The molecule has 0 aromatic heterocycles. The number of carbonyl (C=O) groups is 1. The monoisotopic (exact) mass is 393 g/mol. The molecule has 1 amide bonds. The molecule has 138 valence electrons. The first-order valence-electron chi connectivity index (χ1n) is 7.96. The summed E-state index contributed by atoms with van der Waals surface area (Å²) in [5.41, 5.74) is 1.64. The molecule has 2 aromatic carbocycles. The van der Waals surface area contributed by atoms with Crippen LogP contribution >= 0.6 is 23.4 Å². The fourth-order valence-corrected chi connectivity index (χ4v) is 3.84. The molecule has 1 aliphatic rings. The molecule has 1 unspecified atom stereocenters. The summed E-state index contributed by atoms with van der Waals surface area (Å²) in [6, 6.07) is 11.3. The maximum absolute atomic E-state index is 12.5. The molecule has 0 saturated carbocycles. The van der Waals surface area contributed by atoms with Gasteiger partial charge in [-0.3, -0.25) is 4.79 Å². The zero-order valence-corrected chi connectivity index (χ0v) is 16.6. The van der Waals surface area contributed by atoms with Crippen LogP contribution in [0.1, 0.15) is 11.6 Å². The minimum Gasteiger partial charge on any atom is -0.493 e. The lowest BCUT2D eigenvalue weighted by Crippen LogP contribution is -2.56. The van der Waals surface area contributed by atoms with Gasteiger partial charge in [-0.2, -0.15) is 0 Å². The number of anilines is 1. The van der Waals surface area contributed by atoms with E-state index in [1.54, 1.807) is 50.1 Å². The maximum atomic E-state index is 12.5. The number of rotatable bonds is 6. The van der Waals surface area contributed by atoms with E-state index >= 15 is 0 Å². The van der Waals surface area contributed by atoms with Gasteiger partial charge in [-0.05, 0) is 24.0 Å². The number of benzene rings is 2. The highest BCUT2D eigenvalue weighted by atomic mass is 35.5. The van der Waals surface area contributed by atoms with E-state index in [0.717, 1.165) is 10.5 Å². The highest BCUT2D eigenvalue weighted by Crippen LogP contribution is 2.47. The quantitative estimate of drug-likeness (QED) is 0.419. The van der Waals surface area contributed by atoms with Crippen LogP contribution in [0.15, 0.2) is 41.3 Å². The van der Waals surface area contributed by atoms with Crippen molar-refractivity contribution >= 4 is 35.0 Å². The smallest absolute Gasteiger partial charge is 0.248 e. The Balaban J connectivity index is 2.02. The highest BCUT2D eigenvalue weighted by molar-refractivity contribution is 7.98. The lowest BCUT2D eigenvalue weighted by Gasteiger charge is -2.44. The molecule has 0 radical (unpaired) electrons. The standard InChI is InChI=1S/C19H20ClNO4S/c1-23-14-9-12(10-15(24-2)18(14)25-3)21-17(16(20)19(21)22)11-5-7-13(26-4)8-6-11/h5-10,16-17H,1-4H3/t16-,17?/m1/s1. The van der Waals surface area contributed by atoms with Crippen molar-refractivity contribution in [3.05, 3.63) is 42.0 Å². The third-order valence-corrected chi connectivity index (χ3v) is 5.58. The highest BCUT2D eigenvalue weighted by Gasteiger charge is 2.48. The second-order valence-electron chi connectivity index (χ2n) is 5.71. The lowest BCUT2D eigenvalue weighted by atomic mass is 9.92. The first-order chi connectivity index (χ1) is 12.5. The summed E-state index contributed by atoms with van der Waals surface area (Å²) < 4.78 is 16.1. The van der Waals surface area contributed by atoms with Gasteiger partial charge in [-0.1, -0.05) is 12.1 Å². The number of β-lactam (4-membered cyclic amide) rings is 1. The Morgan fingerprint density at radius 1 is 1.00 bits per heavy atom. The largest absolute Gasteiger partial charge is 0.493 e. The van der Waals surface area contributed by atoms with Crippen molar-refractivity contribution < 1.29 is 19.0 Å². The minimum atomic E-state index is -0.603. The van der Waals surface area contributed by atoms with Crippen molar-refractivity contribution in [2.45, 2.75) is 16.3 Å². The van der Waals surface area contributed by atoms with E-state index in [0.29, 0.717) is 22.9 Å². The van der Waals surface area contributed by atoms with Gasteiger partial charge in [0.15, 0.2) is 11.5 Å². The van der Waals surface area contributed by atoms with Crippen LogP contribution in [0.2, 0.25) is 0 Å². The Bertz CT molecular complexity index is 787. The molecule has 0 bridgehead atoms. The zero-order valence-electron chi connectivity index (χ0n) is 15.0. The summed E-state index contributed by atoms with van der Waals surface area (Å²) >= 11 is 8.01. The molecule has 2 atom stereocenters. The topological polar surface area (TPSA) is 48.0 Å². The van der Waals surface area contributed by atoms with E-state index in [1.807, 2.05) is 30.5 Å². The van der Waals surface area contributed by atoms with Crippen molar-refractivity contribution in [1.82, 2.24) is 0 Å². The summed E-state index contributed by atoms with van der Waals surface area (Å²) in [7, 11) is 4.63. The molecule has 0 aliphatic carbocycles. The number of hydrogen-bond acceptors (Lipinski definition) is 5. The van der Waals surface area contributed by atoms with Gasteiger partial charge in [-0.15, -0.1) is 23.4 Å². The summed E-state index contributed by atoms with van der Waals surface area (Å²) in [6.45, 7) is 0. The number of amides is 1. The fraction of sp³-hybridized carbons (Fsp3) is 0.316. The van der Waals surface area contributed by atoms with Crippen LogP contribution in [-0.2, 0) is 4.79 Å². The second kappa shape index (κ2) is 7.68. The SMILES string of the molecule is COc1cc(N2C(=O)[C@H](Cl)C2c2ccc(SC)cc2)cc(OC)c1OC. The average molecular weight is 394 g/mol. The summed E-state index contributed by atoms with van der Waals surface area (Å²) in [5, 5.41) is -0.603. The minimum absolute atomic E-state index is 0.153. The lowest BCUT2D eigenvalue weighted by molar-refractivity contribution is -0.123. The number of carbonyl (C=O) groups excluding carboxylic acids is 1. The van der Waals surface area contributed by atoms with Crippen molar-refractivity contribution in [3.8, 4) is 17.2 Å². The van der Waals surface area contributed by atoms with Gasteiger partial charge < -0.3 is 19.1 Å². The second-order valence-corrected chi connectivity index (χ2v) is 7.06. The first kappa shape index (κ1) is 18.7. The number of alkyl halides is 1. The van der Waals surface area contributed by atoms with Crippen LogP contribution in [-0.4, -0.2) is 38.9 Å². The number of ether oxygens (including phenoxy) is 3. The fourth-order valence-electron chi connectivity index (χ4n) is 3.07. The van der Waals surface area contributed by atoms with Gasteiger partial charge in [0.2, 0.25) is 11.7 Å². The number of hydrogen-bond donors (Lipinski definition) is 0. The van der Waals surface area contributed by atoms with Gasteiger partial charge >= 0.3 is 0 Å². The zero-order chi connectivity index (χ0) is 18.8. The predicted octanol–water partition coefficient (Wildman–Crippen LogP) is 4.13. The third-order valence-electron chi connectivity index (χ3n) is 4.41. The molecule has 3 rings (SSSR count). The molecule has 0 N–H and O–H groups in total. The first-order valence-corrected chi connectivity index (χ1v) is 9.63. The molecule has 5 nitrogen and oxygen atoms in total. The third kappa shape index (κ3) is 3.08. The molecule has 1 saturated heterocycles. The number of thioether (sulfide) groups is 1. The van der Waals surface area contributed by atoms with E-state index in [4.69, 9.17) is 25.8 Å². The average Bonchev–Trinajstić information content (AvgIpc) is 2.70. The van der Waals surface area contributed by atoms with E-state index in [9.17, 15) is 4.79 Å². The molecule has 1 aliphatic heterocycles.